The normalized spacial score (nSPS) is 42.0. The van der Waals surface area contributed by atoms with Gasteiger partial charge in [-0.25, -0.2) is 0 Å². The summed E-state index contributed by atoms with van der Waals surface area (Å²) in [5.74, 6) is -3.51. The Kier molecular flexibility index (Phi) is 4.63. The Balaban J connectivity index is 1.92. The van der Waals surface area contributed by atoms with Crippen LogP contribution in [-0.2, 0) is 28.7 Å². The summed E-state index contributed by atoms with van der Waals surface area (Å²) in [7, 11) is 0. The molecule has 3 aliphatic rings. The van der Waals surface area contributed by atoms with Crippen LogP contribution in [0.5, 0.6) is 0 Å². The molecule has 3 fully saturated rings. The quantitative estimate of drug-likeness (QED) is 0.442. The van der Waals surface area contributed by atoms with Crippen molar-refractivity contribution in [2.24, 2.45) is 29.1 Å². The fraction of sp³-hybridized carbons (Fsp3) is 0.737. The maximum Gasteiger partial charge on any atom is 0.303 e. The number of fused-ring (bicyclic) bond motifs is 3. The van der Waals surface area contributed by atoms with Gasteiger partial charge in [-0.15, -0.1) is 0 Å². The highest BCUT2D eigenvalue weighted by atomic mass is 16.5. The van der Waals surface area contributed by atoms with Gasteiger partial charge in [-0.3, -0.25) is 19.2 Å². The fourth-order valence-corrected chi connectivity index (χ4v) is 5.64. The van der Waals surface area contributed by atoms with E-state index in [-0.39, 0.29) is 42.7 Å². The molecule has 3 saturated carbocycles. The molecular weight excluding hydrogens is 340 g/mol. The van der Waals surface area contributed by atoms with E-state index >= 15 is 0 Å². The Morgan fingerprint density at radius 3 is 2.58 bits per heavy atom. The van der Waals surface area contributed by atoms with Crippen LogP contribution < -0.4 is 0 Å². The maximum atomic E-state index is 12.8. The first-order valence-electron chi connectivity index (χ1n) is 9.05. The molecule has 0 radical (unpaired) electrons. The van der Waals surface area contributed by atoms with Gasteiger partial charge in [0.2, 0.25) is 5.78 Å². The number of carbonyl (C=O) groups excluding carboxylic acids is 5. The third kappa shape index (κ3) is 2.55. The summed E-state index contributed by atoms with van der Waals surface area (Å²) in [5, 5.41) is 11.2. The van der Waals surface area contributed by atoms with Gasteiger partial charge in [-0.05, 0) is 31.1 Å². The molecule has 3 aliphatic carbocycles. The molecule has 6 atom stereocenters. The minimum absolute atomic E-state index is 0.0568. The van der Waals surface area contributed by atoms with Gasteiger partial charge in [-0.1, -0.05) is 6.92 Å². The van der Waals surface area contributed by atoms with Gasteiger partial charge >= 0.3 is 5.97 Å². The van der Waals surface area contributed by atoms with Crippen molar-refractivity contribution in [3.63, 3.8) is 0 Å². The molecular formula is C19H24O7. The molecule has 1 N–H and O–H groups in total. The van der Waals surface area contributed by atoms with E-state index in [1.54, 1.807) is 6.92 Å². The van der Waals surface area contributed by atoms with Gasteiger partial charge in [-0.2, -0.15) is 0 Å². The minimum Gasteiger partial charge on any atom is -0.458 e. The Morgan fingerprint density at radius 1 is 1.27 bits per heavy atom. The number of rotatable bonds is 4. The van der Waals surface area contributed by atoms with Crippen molar-refractivity contribution in [1.29, 1.82) is 0 Å². The topological polar surface area (TPSA) is 115 Å². The molecule has 0 aromatic carbocycles. The Hall–Kier alpha value is -1.89. The van der Waals surface area contributed by atoms with E-state index < -0.39 is 41.2 Å². The number of esters is 1. The highest BCUT2D eigenvalue weighted by Crippen LogP contribution is 2.62. The van der Waals surface area contributed by atoms with Crippen LogP contribution in [0.2, 0.25) is 0 Å². The van der Waals surface area contributed by atoms with Crippen molar-refractivity contribution in [3.05, 3.63) is 0 Å². The lowest BCUT2D eigenvalue weighted by atomic mass is 9.51. The summed E-state index contributed by atoms with van der Waals surface area (Å²) in [5.41, 5.74) is -2.72. The minimum atomic E-state index is -1.74. The van der Waals surface area contributed by atoms with Gasteiger partial charge in [0.05, 0.1) is 5.92 Å². The molecule has 3 rings (SSSR count). The first-order valence-corrected chi connectivity index (χ1v) is 9.05. The number of hydrogen-bond acceptors (Lipinski definition) is 7. The van der Waals surface area contributed by atoms with E-state index in [9.17, 15) is 29.1 Å². The summed E-state index contributed by atoms with van der Waals surface area (Å²) in [4.78, 5) is 59.9. The molecule has 0 aromatic rings. The van der Waals surface area contributed by atoms with Crippen LogP contribution >= 0.6 is 0 Å². The molecule has 0 saturated heterocycles. The van der Waals surface area contributed by atoms with Crippen molar-refractivity contribution < 1.29 is 33.8 Å². The molecule has 0 bridgehead atoms. The largest absolute Gasteiger partial charge is 0.458 e. The number of ketones is 3. The fourth-order valence-electron chi connectivity index (χ4n) is 5.64. The zero-order chi connectivity index (χ0) is 19.3. The second kappa shape index (κ2) is 6.37. The van der Waals surface area contributed by atoms with Crippen LogP contribution in [0.3, 0.4) is 0 Å². The number of aliphatic hydroxyl groups is 1. The average molecular weight is 364 g/mol. The van der Waals surface area contributed by atoms with Gasteiger partial charge < -0.3 is 14.6 Å². The summed E-state index contributed by atoms with van der Waals surface area (Å²) < 4.78 is 4.76. The number of ether oxygens (including phenoxy) is 1. The lowest BCUT2D eigenvalue weighted by Gasteiger charge is -2.52. The zero-order valence-corrected chi connectivity index (χ0v) is 15.0. The molecule has 0 unspecified atom stereocenters. The number of aldehydes is 1. The Morgan fingerprint density at radius 2 is 1.96 bits per heavy atom. The van der Waals surface area contributed by atoms with Crippen molar-refractivity contribution in [2.45, 2.75) is 51.6 Å². The van der Waals surface area contributed by atoms with Crippen molar-refractivity contribution in [1.82, 2.24) is 0 Å². The van der Waals surface area contributed by atoms with E-state index in [2.05, 4.69) is 0 Å². The van der Waals surface area contributed by atoms with Crippen LogP contribution in [0.15, 0.2) is 0 Å². The molecule has 0 aromatic heterocycles. The van der Waals surface area contributed by atoms with Crippen LogP contribution in [-0.4, -0.2) is 46.9 Å². The standard InChI is InChI=1S/C19H24O7/c1-10(21)26-9-16(24)19(25)6-5-13-11-3-4-14(22)12(8-20)17(11)15(23)7-18(13,19)2/h8,11-13,17,25H,3-7,9H2,1-2H3/t11-,12+,13+,17-,18-,19+/m1/s1. The molecule has 26 heavy (non-hydrogen) atoms. The first kappa shape index (κ1) is 18.9. The molecule has 0 amide bonds. The van der Waals surface area contributed by atoms with Gasteiger partial charge in [0.25, 0.3) is 0 Å². The van der Waals surface area contributed by atoms with Crippen LogP contribution in [0.1, 0.15) is 46.0 Å². The predicted octanol–water partition coefficient (Wildman–Crippen LogP) is 0.649. The highest BCUT2D eigenvalue weighted by Gasteiger charge is 2.67. The van der Waals surface area contributed by atoms with Crippen LogP contribution in [0, 0.1) is 29.1 Å². The molecule has 0 aliphatic heterocycles. The smallest absolute Gasteiger partial charge is 0.303 e. The van der Waals surface area contributed by atoms with Crippen LogP contribution in [0.25, 0.3) is 0 Å². The molecule has 7 heteroatoms. The summed E-state index contributed by atoms with van der Waals surface area (Å²) >= 11 is 0. The predicted molar refractivity (Wildman–Crippen MR) is 87.8 cm³/mol. The third-order valence-electron chi connectivity index (χ3n) is 6.97. The molecule has 0 spiro atoms. The number of hydrogen-bond donors (Lipinski definition) is 1. The molecule has 0 heterocycles. The summed E-state index contributed by atoms with van der Waals surface area (Å²) in [6.45, 7) is 2.40. The molecule has 142 valence electrons. The SMILES string of the molecule is CC(=O)OCC(=O)[C@@]1(O)CC[C@H]2[C@H]3CCC(=O)[C@H](C=O)[C@@H]3C(=O)C[C@]21C. The van der Waals surface area contributed by atoms with E-state index in [4.69, 9.17) is 4.74 Å². The number of carbonyl (C=O) groups is 5. The van der Waals surface area contributed by atoms with Crippen LogP contribution in [0.4, 0.5) is 0 Å². The second-order valence-electron chi connectivity index (χ2n) is 8.13. The van der Waals surface area contributed by atoms with E-state index in [0.29, 0.717) is 19.1 Å². The molecule has 7 nitrogen and oxygen atoms in total. The lowest BCUT2D eigenvalue weighted by Crippen LogP contribution is -2.60. The van der Waals surface area contributed by atoms with E-state index in [1.807, 2.05) is 0 Å². The third-order valence-corrected chi connectivity index (χ3v) is 6.97. The van der Waals surface area contributed by atoms with Crippen molar-refractivity contribution in [3.8, 4) is 0 Å². The Bertz CT molecular complexity index is 683. The highest BCUT2D eigenvalue weighted by molar-refractivity contribution is 6.01. The van der Waals surface area contributed by atoms with E-state index in [0.717, 1.165) is 0 Å². The average Bonchev–Trinajstić information content (AvgIpc) is 2.85. The number of Topliss-reactive ketones (excluding diaryl/α,β-unsaturated/α-hetero) is 3. The monoisotopic (exact) mass is 364 g/mol. The van der Waals surface area contributed by atoms with Gasteiger partial charge in [0.15, 0.2) is 6.61 Å². The zero-order valence-electron chi connectivity index (χ0n) is 15.0. The summed E-state index contributed by atoms with van der Waals surface area (Å²) in [6.07, 6.45) is 1.97. The lowest BCUT2D eigenvalue weighted by molar-refractivity contribution is -0.173. The Labute approximate surface area is 151 Å². The van der Waals surface area contributed by atoms with Crippen molar-refractivity contribution >= 4 is 29.6 Å². The van der Waals surface area contributed by atoms with Gasteiger partial charge in [0, 0.05) is 31.1 Å². The second-order valence-corrected chi connectivity index (χ2v) is 8.13. The maximum absolute atomic E-state index is 12.8. The van der Waals surface area contributed by atoms with E-state index in [1.165, 1.54) is 6.92 Å². The van der Waals surface area contributed by atoms with Crippen molar-refractivity contribution in [2.75, 3.05) is 6.61 Å². The summed E-state index contributed by atoms with van der Waals surface area (Å²) in [6, 6.07) is 0. The first-order chi connectivity index (χ1) is 12.2. The van der Waals surface area contributed by atoms with Gasteiger partial charge in [0.1, 0.15) is 23.5 Å².